The summed E-state index contributed by atoms with van der Waals surface area (Å²) < 4.78 is 0. The summed E-state index contributed by atoms with van der Waals surface area (Å²) in [5.74, 6) is 0.555. The molecule has 178 valence electrons. The van der Waals surface area contributed by atoms with Crippen molar-refractivity contribution in [2.45, 2.75) is 25.2 Å². The van der Waals surface area contributed by atoms with E-state index in [0.717, 1.165) is 25.0 Å². The number of hydrogen-bond acceptors (Lipinski definition) is 3. The third-order valence-corrected chi connectivity index (χ3v) is 5.82. The first kappa shape index (κ1) is 24.0. The van der Waals surface area contributed by atoms with Gasteiger partial charge in [0, 0.05) is 30.8 Å². The summed E-state index contributed by atoms with van der Waals surface area (Å²) >= 11 is 0. The van der Waals surface area contributed by atoms with Crippen molar-refractivity contribution in [1.82, 2.24) is 20.6 Å². The quantitative estimate of drug-likeness (QED) is 0.176. The van der Waals surface area contributed by atoms with Crippen LogP contribution in [0.1, 0.15) is 45.9 Å². The van der Waals surface area contributed by atoms with Crippen LogP contribution in [-0.2, 0) is 6.42 Å². The molecule has 0 saturated heterocycles. The Balaban J connectivity index is 1.43. The molecule has 0 spiro atoms. The molecule has 3 aromatic carbocycles. The summed E-state index contributed by atoms with van der Waals surface area (Å²) in [6.45, 7) is 1.26. The molecular formula is C29H31N5O. The number of imidazole rings is 1. The van der Waals surface area contributed by atoms with Crippen molar-refractivity contribution in [2.75, 3.05) is 13.1 Å². The van der Waals surface area contributed by atoms with Gasteiger partial charge >= 0.3 is 0 Å². The molecule has 1 heterocycles. The Morgan fingerprint density at radius 3 is 2.11 bits per heavy atom. The van der Waals surface area contributed by atoms with Crippen molar-refractivity contribution >= 4 is 11.9 Å². The molecular weight excluding hydrogens is 434 g/mol. The molecule has 0 aliphatic rings. The lowest BCUT2D eigenvalue weighted by molar-refractivity contribution is 0.0975. The molecule has 0 aliphatic heterocycles. The highest BCUT2D eigenvalue weighted by Crippen LogP contribution is 2.27. The molecule has 0 unspecified atom stereocenters. The van der Waals surface area contributed by atoms with Gasteiger partial charge in [-0.2, -0.15) is 0 Å². The van der Waals surface area contributed by atoms with Gasteiger partial charge in [-0.1, -0.05) is 78.9 Å². The maximum atomic E-state index is 12.8. The van der Waals surface area contributed by atoms with Crippen LogP contribution in [0, 0.1) is 0 Å². The van der Waals surface area contributed by atoms with Gasteiger partial charge in [0.05, 0.1) is 12.0 Å². The lowest BCUT2D eigenvalue weighted by Crippen LogP contribution is -2.41. The van der Waals surface area contributed by atoms with Crippen LogP contribution in [0.3, 0.4) is 0 Å². The van der Waals surface area contributed by atoms with Crippen LogP contribution in [0.5, 0.6) is 0 Å². The van der Waals surface area contributed by atoms with Crippen molar-refractivity contribution in [1.29, 1.82) is 0 Å². The number of guanidine groups is 1. The van der Waals surface area contributed by atoms with E-state index >= 15 is 0 Å². The number of aromatic amines is 1. The molecule has 3 N–H and O–H groups in total. The Labute approximate surface area is 206 Å². The van der Waals surface area contributed by atoms with Crippen LogP contribution < -0.4 is 10.6 Å². The average Bonchev–Trinajstić information content (AvgIpc) is 3.44. The van der Waals surface area contributed by atoms with Crippen molar-refractivity contribution in [3.05, 3.63) is 126 Å². The smallest absolute Gasteiger partial charge is 0.257 e. The highest BCUT2D eigenvalue weighted by molar-refractivity contribution is 6.05. The fraction of sp³-hybridized carbons (Fsp3) is 0.207. The van der Waals surface area contributed by atoms with Gasteiger partial charge in [0.2, 0.25) is 0 Å². The number of amides is 1. The molecule has 4 aromatic rings. The number of benzene rings is 3. The summed E-state index contributed by atoms with van der Waals surface area (Å²) in [7, 11) is 0. The summed E-state index contributed by atoms with van der Waals surface area (Å²) in [6.07, 6.45) is 6.14. The zero-order valence-electron chi connectivity index (χ0n) is 19.7. The van der Waals surface area contributed by atoms with E-state index < -0.39 is 0 Å². The van der Waals surface area contributed by atoms with Gasteiger partial charge in [-0.25, -0.2) is 4.98 Å². The monoisotopic (exact) mass is 465 g/mol. The summed E-state index contributed by atoms with van der Waals surface area (Å²) in [6, 6.07) is 30.2. The van der Waals surface area contributed by atoms with E-state index in [9.17, 15) is 4.79 Å². The normalized spacial score (nSPS) is 11.4. The van der Waals surface area contributed by atoms with Crippen LogP contribution in [0.2, 0.25) is 0 Å². The molecule has 0 bridgehead atoms. The topological polar surface area (TPSA) is 82.2 Å². The molecule has 0 radical (unpaired) electrons. The molecule has 35 heavy (non-hydrogen) atoms. The van der Waals surface area contributed by atoms with E-state index in [2.05, 4.69) is 69.1 Å². The molecule has 0 aliphatic carbocycles. The number of nitrogens with zero attached hydrogens (tertiary/aromatic N) is 2. The molecule has 0 saturated carbocycles. The minimum Gasteiger partial charge on any atom is -0.356 e. The molecule has 0 fully saturated rings. The molecule has 6 nitrogen and oxygen atoms in total. The first-order valence-electron chi connectivity index (χ1n) is 12.0. The first-order valence-corrected chi connectivity index (χ1v) is 12.0. The number of H-pyrrole nitrogens is 1. The maximum absolute atomic E-state index is 12.8. The highest BCUT2D eigenvalue weighted by atomic mass is 16.1. The standard InChI is InChI=1S/C29H31N5O/c35-28(25-15-8-3-9-16-25)34-29(31-19-10-17-26-21-30-22-33-26)32-20-18-27(23-11-4-1-5-12-23)24-13-6-2-7-14-24/h1-9,11-16,21-22,27H,10,17-20H2,(H,30,33)(H2,31,32,34,35). The number of aliphatic imine (C=N–C) groups is 1. The average molecular weight is 466 g/mol. The predicted octanol–water partition coefficient (Wildman–Crippen LogP) is 4.94. The molecule has 1 aromatic heterocycles. The summed E-state index contributed by atoms with van der Waals surface area (Å²) in [5, 5.41) is 6.27. The number of aromatic nitrogens is 2. The second-order valence-electron chi connectivity index (χ2n) is 8.30. The van der Waals surface area contributed by atoms with Crippen LogP contribution in [-0.4, -0.2) is 34.9 Å². The van der Waals surface area contributed by atoms with E-state index in [-0.39, 0.29) is 11.8 Å². The Kier molecular flexibility index (Phi) is 8.82. The Morgan fingerprint density at radius 1 is 0.886 bits per heavy atom. The van der Waals surface area contributed by atoms with Gasteiger partial charge in [-0.15, -0.1) is 0 Å². The van der Waals surface area contributed by atoms with Crippen molar-refractivity contribution in [2.24, 2.45) is 4.99 Å². The van der Waals surface area contributed by atoms with E-state index in [1.807, 2.05) is 36.5 Å². The number of hydrogen-bond donors (Lipinski definition) is 3. The molecule has 4 rings (SSSR count). The second-order valence-corrected chi connectivity index (χ2v) is 8.30. The van der Waals surface area contributed by atoms with E-state index in [0.29, 0.717) is 24.6 Å². The zero-order chi connectivity index (χ0) is 24.1. The van der Waals surface area contributed by atoms with E-state index in [4.69, 9.17) is 4.99 Å². The van der Waals surface area contributed by atoms with E-state index in [1.54, 1.807) is 18.5 Å². The third-order valence-electron chi connectivity index (χ3n) is 5.82. The predicted molar refractivity (Wildman–Crippen MR) is 140 cm³/mol. The van der Waals surface area contributed by atoms with Crippen LogP contribution in [0.4, 0.5) is 0 Å². The van der Waals surface area contributed by atoms with Crippen molar-refractivity contribution in [3.8, 4) is 0 Å². The van der Waals surface area contributed by atoms with Crippen LogP contribution >= 0.6 is 0 Å². The minimum absolute atomic E-state index is 0.174. The number of carbonyl (C=O) groups excluding carboxylic acids is 1. The van der Waals surface area contributed by atoms with E-state index in [1.165, 1.54) is 11.1 Å². The third kappa shape index (κ3) is 7.40. The van der Waals surface area contributed by atoms with Gasteiger partial charge in [0.1, 0.15) is 0 Å². The fourth-order valence-corrected chi connectivity index (χ4v) is 4.01. The van der Waals surface area contributed by atoms with Gasteiger partial charge in [0.25, 0.3) is 5.91 Å². The molecule has 0 atom stereocenters. The maximum Gasteiger partial charge on any atom is 0.257 e. The fourth-order valence-electron chi connectivity index (χ4n) is 4.01. The Bertz CT molecular complexity index is 1140. The zero-order valence-corrected chi connectivity index (χ0v) is 19.7. The van der Waals surface area contributed by atoms with Gasteiger partial charge in [0.15, 0.2) is 5.96 Å². The molecule has 6 heteroatoms. The molecule has 1 amide bonds. The number of nitrogens with one attached hydrogen (secondary N) is 3. The number of aryl methyl sites for hydroxylation is 1. The lowest BCUT2D eigenvalue weighted by Gasteiger charge is -2.18. The van der Waals surface area contributed by atoms with Crippen LogP contribution in [0.15, 0.2) is 109 Å². The van der Waals surface area contributed by atoms with Gasteiger partial charge in [-0.05, 0) is 42.5 Å². The number of rotatable bonds is 10. The SMILES string of the molecule is O=C(N/C(=N\CCC(c1ccccc1)c1ccccc1)NCCCc1c[nH]cn1)c1ccccc1. The second kappa shape index (κ2) is 12.9. The minimum atomic E-state index is -0.174. The van der Waals surface area contributed by atoms with Crippen LogP contribution in [0.25, 0.3) is 0 Å². The summed E-state index contributed by atoms with van der Waals surface area (Å²) in [4.78, 5) is 24.8. The first-order chi connectivity index (χ1) is 17.3. The van der Waals surface area contributed by atoms with Gasteiger partial charge < -0.3 is 10.3 Å². The largest absolute Gasteiger partial charge is 0.356 e. The van der Waals surface area contributed by atoms with Crippen molar-refractivity contribution < 1.29 is 4.79 Å². The highest BCUT2D eigenvalue weighted by Gasteiger charge is 2.14. The number of carbonyl (C=O) groups is 1. The Hall–Kier alpha value is -4.19. The lowest BCUT2D eigenvalue weighted by atomic mass is 9.89. The van der Waals surface area contributed by atoms with Gasteiger partial charge in [-0.3, -0.25) is 15.1 Å². The van der Waals surface area contributed by atoms with Crippen molar-refractivity contribution in [3.63, 3.8) is 0 Å². The summed E-state index contributed by atoms with van der Waals surface area (Å²) in [5.41, 5.74) is 4.14. The Morgan fingerprint density at radius 2 is 1.51 bits per heavy atom.